The number of likely N-dealkylation sites (tertiary alicyclic amines) is 2. The molecule has 120 valence electrons. The van der Waals surface area contributed by atoms with Crippen LogP contribution in [0.1, 0.15) is 37.7 Å². The maximum Gasteiger partial charge on any atom is 0.123 e. The third-order valence-electron chi connectivity index (χ3n) is 5.79. The second-order valence-corrected chi connectivity index (χ2v) is 7.87. The molecule has 1 aromatic rings. The van der Waals surface area contributed by atoms with Crippen molar-refractivity contribution in [3.8, 4) is 0 Å². The van der Waals surface area contributed by atoms with E-state index in [1.165, 1.54) is 70.4 Å². The largest absolute Gasteiger partial charge is 0.302 e. The molecule has 0 aromatic heterocycles. The Balaban J connectivity index is 1.36. The standard InChI is InChI=1S/C19H27FN2/c20-18-6-4-17(5-7-18)12-21-10-1-8-19(14-21)9-11-22(15-19)13-16-2-3-16/h4-7,16H,1-3,8-15H2. The first kappa shape index (κ1) is 14.6. The van der Waals surface area contributed by atoms with Crippen molar-refractivity contribution in [3.05, 3.63) is 35.6 Å². The molecule has 1 aliphatic carbocycles. The minimum atomic E-state index is -0.134. The zero-order valence-corrected chi connectivity index (χ0v) is 13.4. The lowest BCUT2D eigenvalue weighted by atomic mass is 9.79. The topological polar surface area (TPSA) is 6.48 Å². The Labute approximate surface area is 133 Å². The van der Waals surface area contributed by atoms with Crippen LogP contribution in [0.5, 0.6) is 0 Å². The Bertz CT molecular complexity index is 511. The van der Waals surface area contributed by atoms with E-state index in [0.29, 0.717) is 5.41 Å². The molecule has 2 nitrogen and oxygen atoms in total. The van der Waals surface area contributed by atoms with Crippen LogP contribution in [0.15, 0.2) is 24.3 Å². The lowest BCUT2D eigenvalue weighted by Gasteiger charge is -2.40. The maximum atomic E-state index is 13.0. The third kappa shape index (κ3) is 3.36. The van der Waals surface area contributed by atoms with Crippen LogP contribution in [0.25, 0.3) is 0 Å². The molecule has 0 bridgehead atoms. The average molecular weight is 302 g/mol. The Kier molecular flexibility index (Phi) is 3.95. The van der Waals surface area contributed by atoms with Crippen LogP contribution in [0, 0.1) is 17.2 Å². The minimum Gasteiger partial charge on any atom is -0.302 e. The Hall–Kier alpha value is -0.930. The summed E-state index contributed by atoms with van der Waals surface area (Å²) in [5.74, 6) is 0.874. The molecule has 1 spiro atoms. The SMILES string of the molecule is Fc1ccc(CN2CCCC3(CCN(CC4CC4)C3)C2)cc1. The molecule has 0 radical (unpaired) electrons. The van der Waals surface area contributed by atoms with E-state index in [1.807, 2.05) is 12.1 Å². The molecule has 22 heavy (non-hydrogen) atoms. The smallest absolute Gasteiger partial charge is 0.123 e. The molecule has 3 heteroatoms. The van der Waals surface area contributed by atoms with Crippen LogP contribution in [0.3, 0.4) is 0 Å². The highest BCUT2D eigenvalue weighted by Gasteiger charge is 2.42. The van der Waals surface area contributed by atoms with E-state index in [0.717, 1.165) is 12.5 Å². The van der Waals surface area contributed by atoms with Crippen molar-refractivity contribution < 1.29 is 4.39 Å². The summed E-state index contributed by atoms with van der Waals surface area (Å²) in [4.78, 5) is 5.32. The zero-order chi connectivity index (χ0) is 15.0. The quantitative estimate of drug-likeness (QED) is 0.839. The van der Waals surface area contributed by atoms with Crippen LogP contribution in [-0.2, 0) is 6.54 Å². The van der Waals surface area contributed by atoms with Gasteiger partial charge in [-0.25, -0.2) is 4.39 Å². The molecule has 1 saturated carbocycles. The van der Waals surface area contributed by atoms with Gasteiger partial charge in [0.2, 0.25) is 0 Å². The summed E-state index contributed by atoms with van der Waals surface area (Å²) in [6.45, 7) is 7.36. The van der Waals surface area contributed by atoms with Gasteiger partial charge in [-0.2, -0.15) is 0 Å². The van der Waals surface area contributed by atoms with Crippen molar-refractivity contribution in [2.75, 3.05) is 32.7 Å². The molecule has 1 unspecified atom stereocenters. The van der Waals surface area contributed by atoms with Gasteiger partial charge in [0, 0.05) is 26.2 Å². The molecule has 4 rings (SSSR count). The van der Waals surface area contributed by atoms with Crippen LogP contribution >= 0.6 is 0 Å². The molecular weight excluding hydrogens is 275 g/mol. The molecule has 2 saturated heterocycles. The van der Waals surface area contributed by atoms with Crippen LogP contribution in [0.2, 0.25) is 0 Å². The van der Waals surface area contributed by atoms with Gasteiger partial charge in [-0.15, -0.1) is 0 Å². The van der Waals surface area contributed by atoms with Gasteiger partial charge in [-0.3, -0.25) is 4.90 Å². The first-order valence-corrected chi connectivity index (χ1v) is 8.90. The second-order valence-electron chi connectivity index (χ2n) is 7.87. The average Bonchev–Trinajstić information content (AvgIpc) is 3.24. The first-order chi connectivity index (χ1) is 10.7. The normalized spacial score (nSPS) is 30.2. The number of nitrogens with zero attached hydrogens (tertiary/aromatic N) is 2. The van der Waals surface area contributed by atoms with Crippen LogP contribution < -0.4 is 0 Å². The van der Waals surface area contributed by atoms with Gasteiger partial charge in [0.25, 0.3) is 0 Å². The summed E-state index contributed by atoms with van der Waals surface area (Å²) in [5, 5.41) is 0. The van der Waals surface area contributed by atoms with Crippen molar-refractivity contribution >= 4 is 0 Å². The molecule has 1 atom stereocenters. The highest BCUT2D eigenvalue weighted by Crippen LogP contribution is 2.41. The van der Waals surface area contributed by atoms with E-state index >= 15 is 0 Å². The fraction of sp³-hybridized carbons (Fsp3) is 0.684. The molecule has 0 N–H and O–H groups in total. The summed E-state index contributed by atoms with van der Waals surface area (Å²) < 4.78 is 13.0. The monoisotopic (exact) mass is 302 g/mol. The molecule has 0 amide bonds. The van der Waals surface area contributed by atoms with Crippen LogP contribution in [-0.4, -0.2) is 42.5 Å². The van der Waals surface area contributed by atoms with E-state index in [4.69, 9.17) is 0 Å². The lowest BCUT2D eigenvalue weighted by molar-refractivity contribution is 0.0869. The Morgan fingerprint density at radius 1 is 1.00 bits per heavy atom. The maximum absolute atomic E-state index is 13.0. The number of halogens is 1. The molecule has 3 fully saturated rings. The summed E-state index contributed by atoms with van der Waals surface area (Å²) >= 11 is 0. The molecule has 3 aliphatic rings. The van der Waals surface area contributed by atoms with E-state index in [9.17, 15) is 4.39 Å². The van der Waals surface area contributed by atoms with E-state index in [2.05, 4.69) is 9.80 Å². The van der Waals surface area contributed by atoms with Gasteiger partial charge >= 0.3 is 0 Å². The van der Waals surface area contributed by atoms with Crippen molar-refractivity contribution in [2.24, 2.45) is 11.3 Å². The summed E-state index contributed by atoms with van der Waals surface area (Å²) in [6.07, 6.45) is 7.01. The first-order valence-electron chi connectivity index (χ1n) is 8.90. The zero-order valence-electron chi connectivity index (χ0n) is 13.4. The number of hydrogen-bond acceptors (Lipinski definition) is 2. The predicted octanol–water partition coefficient (Wildman–Crippen LogP) is 3.52. The fourth-order valence-electron chi connectivity index (χ4n) is 4.48. The van der Waals surface area contributed by atoms with Crippen molar-refractivity contribution in [1.29, 1.82) is 0 Å². The van der Waals surface area contributed by atoms with Crippen molar-refractivity contribution in [1.82, 2.24) is 9.80 Å². The van der Waals surface area contributed by atoms with Crippen LogP contribution in [0.4, 0.5) is 4.39 Å². The van der Waals surface area contributed by atoms with Gasteiger partial charge in [-0.05, 0) is 74.2 Å². The summed E-state index contributed by atoms with van der Waals surface area (Å²) in [6, 6.07) is 7.04. The van der Waals surface area contributed by atoms with E-state index < -0.39 is 0 Å². The Morgan fingerprint density at radius 3 is 2.55 bits per heavy atom. The van der Waals surface area contributed by atoms with Crippen molar-refractivity contribution in [3.63, 3.8) is 0 Å². The Morgan fingerprint density at radius 2 is 1.77 bits per heavy atom. The fourth-order valence-corrected chi connectivity index (χ4v) is 4.48. The highest BCUT2D eigenvalue weighted by atomic mass is 19.1. The van der Waals surface area contributed by atoms with Crippen molar-refractivity contribution in [2.45, 2.75) is 38.6 Å². The second kappa shape index (κ2) is 5.93. The van der Waals surface area contributed by atoms with Gasteiger partial charge < -0.3 is 4.90 Å². The number of piperidine rings is 1. The number of rotatable bonds is 4. The van der Waals surface area contributed by atoms with Gasteiger partial charge in [0.15, 0.2) is 0 Å². The highest BCUT2D eigenvalue weighted by molar-refractivity contribution is 5.16. The summed E-state index contributed by atoms with van der Waals surface area (Å²) in [7, 11) is 0. The summed E-state index contributed by atoms with van der Waals surface area (Å²) in [5.41, 5.74) is 1.78. The van der Waals surface area contributed by atoms with Gasteiger partial charge in [-0.1, -0.05) is 12.1 Å². The lowest BCUT2D eigenvalue weighted by Crippen LogP contribution is -2.44. The molecule has 2 aliphatic heterocycles. The number of hydrogen-bond donors (Lipinski definition) is 0. The third-order valence-corrected chi connectivity index (χ3v) is 5.79. The number of benzene rings is 1. The molecule has 2 heterocycles. The van der Waals surface area contributed by atoms with Gasteiger partial charge in [0.1, 0.15) is 5.82 Å². The van der Waals surface area contributed by atoms with E-state index in [-0.39, 0.29) is 5.82 Å². The van der Waals surface area contributed by atoms with Gasteiger partial charge in [0.05, 0.1) is 0 Å². The van der Waals surface area contributed by atoms with E-state index in [1.54, 1.807) is 12.1 Å². The molecular formula is C19H27FN2. The predicted molar refractivity (Wildman–Crippen MR) is 87.1 cm³/mol. The molecule has 1 aromatic carbocycles. The minimum absolute atomic E-state index is 0.134.